The molecular formula is C14H19N3O2. The molecular weight excluding hydrogens is 242 g/mol. The van der Waals surface area contributed by atoms with Gasteiger partial charge in [0.15, 0.2) is 0 Å². The molecule has 1 aliphatic heterocycles. The number of carbonyl (C=O) groups excluding carboxylic acids is 2. The van der Waals surface area contributed by atoms with Gasteiger partial charge in [-0.25, -0.2) is 0 Å². The van der Waals surface area contributed by atoms with Crippen LogP contribution >= 0.6 is 0 Å². The Morgan fingerprint density at radius 2 is 2.21 bits per heavy atom. The Morgan fingerprint density at radius 1 is 1.42 bits per heavy atom. The van der Waals surface area contributed by atoms with E-state index < -0.39 is 0 Å². The Balaban J connectivity index is 2.08. The molecule has 5 heteroatoms. The third kappa shape index (κ3) is 3.05. The third-order valence-corrected chi connectivity index (χ3v) is 3.37. The smallest absolute Gasteiger partial charge is 0.227 e. The van der Waals surface area contributed by atoms with E-state index in [4.69, 9.17) is 5.73 Å². The number of carbonyl (C=O) groups is 2. The minimum Gasteiger partial charge on any atom is -0.399 e. The Kier molecular flexibility index (Phi) is 4.04. The molecule has 1 aliphatic rings. The van der Waals surface area contributed by atoms with Crippen LogP contribution < -0.4 is 16.0 Å². The second kappa shape index (κ2) is 5.73. The molecule has 0 radical (unpaired) electrons. The van der Waals surface area contributed by atoms with Gasteiger partial charge >= 0.3 is 0 Å². The van der Waals surface area contributed by atoms with Crippen molar-refractivity contribution >= 4 is 23.2 Å². The summed E-state index contributed by atoms with van der Waals surface area (Å²) < 4.78 is 0. The average Bonchev–Trinajstić information content (AvgIpc) is 2.41. The van der Waals surface area contributed by atoms with Crippen LogP contribution in [0.5, 0.6) is 0 Å². The van der Waals surface area contributed by atoms with Crippen molar-refractivity contribution < 1.29 is 9.59 Å². The summed E-state index contributed by atoms with van der Waals surface area (Å²) in [7, 11) is 1.62. The van der Waals surface area contributed by atoms with Crippen molar-refractivity contribution in [2.75, 3.05) is 24.2 Å². The first-order chi connectivity index (χ1) is 9.11. The van der Waals surface area contributed by atoms with E-state index in [9.17, 15) is 9.59 Å². The van der Waals surface area contributed by atoms with Gasteiger partial charge in [0.1, 0.15) is 0 Å². The van der Waals surface area contributed by atoms with Gasteiger partial charge in [0.2, 0.25) is 11.8 Å². The van der Waals surface area contributed by atoms with Crippen LogP contribution in [0.2, 0.25) is 0 Å². The summed E-state index contributed by atoms with van der Waals surface area (Å²) in [5.74, 6) is 0.121. The predicted molar refractivity (Wildman–Crippen MR) is 74.8 cm³/mol. The Bertz CT molecular complexity index is 499. The van der Waals surface area contributed by atoms with Gasteiger partial charge in [0, 0.05) is 37.8 Å². The topological polar surface area (TPSA) is 75.4 Å². The fourth-order valence-corrected chi connectivity index (χ4v) is 2.35. The van der Waals surface area contributed by atoms with Gasteiger partial charge in [-0.3, -0.25) is 9.59 Å². The van der Waals surface area contributed by atoms with Gasteiger partial charge in [-0.2, -0.15) is 0 Å². The molecule has 102 valence electrons. The van der Waals surface area contributed by atoms with Crippen LogP contribution in [0.1, 0.15) is 24.8 Å². The molecule has 0 saturated carbocycles. The largest absolute Gasteiger partial charge is 0.399 e. The minimum absolute atomic E-state index is 0.00184. The molecule has 1 heterocycles. The number of benzene rings is 1. The molecule has 0 spiro atoms. The van der Waals surface area contributed by atoms with Gasteiger partial charge < -0.3 is 16.0 Å². The zero-order chi connectivity index (χ0) is 13.8. The number of nitrogens with zero attached hydrogens (tertiary/aromatic N) is 1. The third-order valence-electron chi connectivity index (χ3n) is 3.37. The first kappa shape index (κ1) is 13.4. The van der Waals surface area contributed by atoms with Crippen molar-refractivity contribution in [2.24, 2.45) is 0 Å². The van der Waals surface area contributed by atoms with E-state index in [2.05, 4.69) is 5.32 Å². The fraction of sp³-hybridized carbons (Fsp3) is 0.429. The van der Waals surface area contributed by atoms with E-state index in [-0.39, 0.29) is 11.8 Å². The minimum atomic E-state index is 0.00184. The van der Waals surface area contributed by atoms with E-state index >= 15 is 0 Å². The Labute approximate surface area is 112 Å². The van der Waals surface area contributed by atoms with Crippen molar-refractivity contribution in [3.8, 4) is 0 Å². The number of anilines is 2. The summed E-state index contributed by atoms with van der Waals surface area (Å²) in [5.41, 5.74) is 8.53. The normalized spacial score (nSPS) is 14.2. The van der Waals surface area contributed by atoms with Crippen LogP contribution in [0.3, 0.4) is 0 Å². The van der Waals surface area contributed by atoms with Crippen molar-refractivity contribution in [2.45, 2.75) is 25.7 Å². The van der Waals surface area contributed by atoms with Crippen LogP contribution in [-0.4, -0.2) is 25.4 Å². The highest BCUT2D eigenvalue weighted by molar-refractivity contribution is 5.96. The molecule has 0 aliphatic carbocycles. The van der Waals surface area contributed by atoms with Crippen molar-refractivity contribution in [1.82, 2.24) is 5.32 Å². The summed E-state index contributed by atoms with van der Waals surface area (Å²) >= 11 is 0. The van der Waals surface area contributed by atoms with Crippen LogP contribution in [0.4, 0.5) is 11.4 Å². The zero-order valence-corrected chi connectivity index (χ0v) is 11.1. The highest BCUT2D eigenvalue weighted by Crippen LogP contribution is 2.29. The standard InChI is InChI=1S/C14H19N3O2/c1-16-13(18)3-2-8-17-12-6-5-11(15)9-10(12)4-7-14(17)19/h5-6,9H,2-4,7-8,15H2,1H3,(H,16,18). The number of aryl methyl sites for hydroxylation is 1. The van der Waals surface area contributed by atoms with E-state index in [0.29, 0.717) is 25.8 Å². The second-order valence-corrected chi connectivity index (χ2v) is 4.71. The molecule has 5 nitrogen and oxygen atoms in total. The lowest BCUT2D eigenvalue weighted by Gasteiger charge is -2.29. The van der Waals surface area contributed by atoms with Crippen LogP contribution in [0.25, 0.3) is 0 Å². The summed E-state index contributed by atoms with van der Waals surface area (Å²) in [5, 5.41) is 2.58. The lowest BCUT2D eigenvalue weighted by Crippen LogP contribution is -2.36. The van der Waals surface area contributed by atoms with Gasteiger partial charge in [-0.05, 0) is 36.6 Å². The molecule has 0 atom stereocenters. The number of fused-ring (bicyclic) bond motifs is 1. The number of nitrogens with two attached hydrogens (primary N) is 1. The molecule has 19 heavy (non-hydrogen) atoms. The molecule has 0 bridgehead atoms. The SMILES string of the molecule is CNC(=O)CCCN1C(=O)CCc2cc(N)ccc21. The quantitative estimate of drug-likeness (QED) is 0.796. The van der Waals surface area contributed by atoms with E-state index in [0.717, 1.165) is 23.4 Å². The highest BCUT2D eigenvalue weighted by atomic mass is 16.2. The first-order valence-corrected chi connectivity index (χ1v) is 6.51. The number of amides is 2. The fourth-order valence-electron chi connectivity index (χ4n) is 2.35. The average molecular weight is 261 g/mol. The van der Waals surface area contributed by atoms with E-state index in [1.807, 2.05) is 18.2 Å². The summed E-state index contributed by atoms with van der Waals surface area (Å²) in [4.78, 5) is 24.9. The van der Waals surface area contributed by atoms with Crippen LogP contribution in [0.15, 0.2) is 18.2 Å². The number of rotatable bonds is 4. The summed E-state index contributed by atoms with van der Waals surface area (Å²) in [6.45, 7) is 0.573. The number of nitrogens with one attached hydrogen (secondary N) is 1. The van der Waals surface area contributed by atoms with Crippen molar-refractivity contribution in [3.05, 3.63) is 23.8 Å². The molecule has 0 unspecified atom stereocenters. The first-order valence-electron chi connectivity index (χ1n) is 6.51. The maximum absolute atomic E-state index is 12.0. The van der Waals surface area contributed by atoms with E-state index in [1.54, 1.807) is 11.9 Å². The van der Waals surface area contributed by atoms with Crippen molar-refractivity contribution in [1.29, 1.82) is 0 Å². The summed E-state index contributed by atoms with van der Waals surface area (Å²) in [6.07, 6.45) is 2.35. The van der Waals surface area contributed by atoms with Crippen molar-refractivity contribution in [3.63, 3.8) is 0 Å². The molecule has 2 rings (SSSR count). The monoisotopic (exact) mass is 261 g/mol. The molecule has 3 N–H and O–H groups in total. The van der Waals surface area contributed by atoms with Crippen LogP contribution in [-0.2, 0) is 16.0 Å². The number of hydrogen-bond acceptors (Lipinski definition) is 3. The van der Waals surface area contributed by atoms with Crippen LogP contribution in [0, 0.1) is 0 Å². The second-order valence-electron chi connectivity index (χ2n) is 4.71. The molecule has 1 aromatic carbocycles. The number of nitrogen functional groups attached to an aromatic ring is 1. The predicted octanol–water partition coefficient (Wildman–Crippen LogP) is 1.07. The molecule has 0 aromatic heterocycles. The molecule has 0 fully saturated rings. The van der Waals surface area contributed by atoms with Gasteiger partial charge in [-0.1, -0.05) is 0 Å². The lowest BCUT2D eigenvalue weighted by atomic mass is 10.00. The maximum atomic E-state index is 12.0. The number of hydrogen-bond donors (Lipinski definition) is 2. The Morgan fingerprint density at radius 3 is 2.95 bits per heavy atom. The highest BCUT2D eigenvalue weighted by Gasteiger charge is 2.23. The Hall–Kier alpha value is -2.04. The zero-order valence-electron chi connectivity index (χ0n) is 11.1. The van der Waals surface area contributed by atoms with Gasteiger partial charge in [0.25, 0.3) is 0 Å². The maximum Gasteiger partial charge on any atom is 0.227 e. The summed E-state index contributed by atoms with van der Waals surface area (Å²) in [6, 6.07) is 5.62. The molecule has 0 saturated heterocycles. The molecule has 2 amide bonds. The molecule has 1 aromatic rings. The lowest BCUT2D eigenvalue weighted by molar-refractivity contribution is -0.121. The van der Waals surface area contributed by atoms with Gasteiger partial charge in [0.05, 0.1) is 0 Å². The van der Waals surface area contributed by atoms with Gasteiger partial charge in [-0.15, -0.1) is 0 Å². The van der Waals surface area contributed by atoms with E-state index in [1.165, 1.54) is 0 Å².